The van der Waals surface area contributed by atoms with Gasteiger partial charge in [-0.15, -0.1) is 0 Å². The van der Waals surface area contributed by atoms with Gasteiger partial charge in [0.1, 0.15) is 0 Å². The molecule has 0 fully saturated rings. The van der Waals surface area contributed by atoms with Crippen molar-refractivity contribution in [2.45, 2.75) is 31.1 Å². The zero-order chi connectivity index (χ0) is 19.8. The van der Waals surface area contributed by atoms with Crippen LogP contribution in [0.4, 0.5) is 5.69 Å². The summed E-state index contributed by atoms with van der Waals surface area (Å²) in [5.74, 6) is -1.98. The molecule has 7 nitrogen and oxygen atoms in total. The minimum atomic E-state index is -0.990. The smallest absolute Gasteiger partial charge is 0.303 e. The van der Waals surface area contributed by atoms with E-state index in [4.69, 9.17) is 0 Å². The fourth-order valence-electron chi connectivity index (χ4n) is 3.87. The van der Waals surface area contributed by atoms with E-state index in [1.807, 2.05) is 18.2 Å². The van der Waals surface area contributed by atoms with Crippen LogP contribution in [-0.2, 0) is 15.0 Å². The number of carboxylic acid groups (broad SMARTS) is 2. The maximum atomic E-state index is 11.3. The van der Waals surface area contributed by atoms with Crippen molar-refractivity contribution in [1.82, 2.24) is 0 Å². The summed E-state index contributed by atoms with van der Waals surface area (Å²) in [6.07, 6.45) is 0.0348. The van der Waals surface area contributed by atoms with Gasteiger partial charge in [0.2, 0.25) is 0 Å². The average molecular weight is 481 g/mol. The zero-order valence-electron chi connectivity index (χ0n) is 14.1. The third-order valence-corrected chi connectivity index (χ3v) is 5.72. The lowest BCUT2D eigenvalue weighted by Crippen LogP contribution is -2.27. The minimum Gasteiger partial charge on any atom is -0.481 e. The number of hydrogen-bond acceptors (Lipinski definition) is 4. The number of carbonyl (C=O) groups is 2. The maximum absolute atomic E-state index is 11.3. The van der Waals surface area contributed by atoms with Gasteiger partial charge in [-0.1, -0.05) is 6.07 Å². The van der Waals surface area contributed by atoms with Crippen LogP contribution in [0, 0.1) is 13.7 Å². The molecule has 2 N–H and O–H groups in total. The van der Waals surface area contributed by atoms with Crippen LogP contribution in [0.25, 0.3) is 11.1 Å². The quantitative estimate of drug-likeness (QED) is 0.348. The average Bonchev–Trinajstić information content (AvgIpc) is 2.87. The van der Waals surface area contributed by atoms with E-state index in [0.29, 0.717) is 5.56 Å². The summed E-state index contributed by atoms with van der Waals surface area (Å²) in [6.45, 7) is 0. The number of carboxylic acids is 2. The van der Waals surface area contributed by atoms with Crippen LogP contribution in [0.1, 0.15) is 36.8 Å². The highest BCUT2D eigenvalue weighted by atomic mass is 127. The monoisotopic (exact) mass is 481 g/mol. The van der Waals surface area contributed by atoms with Crippen molar-refractivity contribution in [1.29, 1.82) is 0 Å². The standard InChI is InChI=1S/C19H16INO6/c20-11-1-3-13-14-4-2-12(21(26)27)10-16(14)19(15(13)9-11,7-5-17(22)23)8-6-18(24)25/h1-4,9-10H,5-8H2,(H,22,23)(H,24,25). The lowest BCUT2D eigenvalue weighted by Gasteiger charge is -2.31. The predicted molar refractivity (Wildman–Crippen MR) is 106 cm³/mol. The Bertz CT molecular complexity index is 937. The first kappa shape index (κ1) is 19.3. The van der Waals surface area contributed by atoms with E-state index in [2.05, 4.69) is 22.6 Å². The fourth-order valence-corrected chi connectivity index (χ4v) is 4.36. The van der Waals surface area contributed by atoms with E-state index in [1.54, 1.807) is 6.07 Å². The van der Waals surface area contributed by atoms with Gasteiger partial charge in [-0.25, -0.2) is 0 Å². The largest absolute Gasteiger partial charge is 0.481 e. The third kappa shape index (κ3) is 3.53. The summed E-state index contributed by atoms with van der Waals surface area (Å²) in [7, 11) is 0. The normalized spacial score (nSPS) is 13.7. The van der Waals surface area contributed by atoms with E-state index < -0.39 is 22.3 Å². The molecule has 0 saturated heterocycles. The molecule has 8 heteroatoms. The molecule has 2 aromatic carbocycles. The molecule has 0 heterocycles. The van der Waals surface area contributed by atoms with Gasteiger partial charge in [0.15, 0.2) is 0 Å². The lowest BCUT2D eigenvalue weighted by atomic mass is 9.71. The van der Waals surface area contributed by atoms with E-state index >= 15 is 0 Å². The summed E-state index contributed by atoms with van der Waals surface area (Å²) in [6, 6.07) is 10.3. The summed E-state index contributed by atoms with van der Waals surface area (Å²) >= 11 is 2.15. The predicted octanol–water partition coefficient (Wildman–Crippen LogP) is 4.20. The number of nitro benzene ring substituents is 1. The molecule has 0 atom stereocenters. The Morgan fingerprint density at radius 3 is 2.00 bits per heavy atom. The second-order valence-corrected chi connectivity index (χ2v) is 7.79. The molecule has 0 aromatic heterocycles. The second kappa shape index (κ2) is 7.26. The van der Waals surface area contributed by atoms with Crippen molar-refractivity contribution in [2.24, 2.45) is 0 Å². The number of non-ortho nitro benzene ring substituents is 1. The number of nitrogens with zero attached hydrogens (tertiary/aromatic N) is 1. The van der Waals surface area contributed by atoms with Crippen molar-refractivity contribution < 1.29 is 24.7 Å². The minimum absolute atomic E-state index is 0.0914. The Labute approximate surface area is 168 Å². The molecule has 140 valence electrons. The molecular formula is C19H16INO6. The second-order valence-electron chi connectivity index (χ2n) is 6.55. The Hall–Kier alpha value is -2.49. The number of benzene rings is 2. The number of halogens is 1. The van der Waals surface area contributed by atoms with Crippen LogP contribution in [-0.4, -0.2) is 27.1 Å². The van der Waals surface area contributed by atoms with Gasteiger partial charge in [0.25, 0.3) is 5.69 Å². The first-order valence-electron chi connectivity index (χ1n) is 8.27. The topological polar surface area (TPSA) is 118 Å². The Morgan fingerprint density at radius 1 is 0.963 bits per heavy atom. The number of rotatable bonds is 7. The van der Waals surface area contributed by atoms with E-state index in [0.717, 1.165) is 20.3 Å². The fraction of sp³-hybridized carbons (Fsp3) is 0.263. The summed E-state index contributed by atoms with van der Waals surface area (Å²) < 4.78 is 0.934. The highest BCUT2D eigenvalue weighted by Crippen LogP contribution is 2.54. The maximum Gasteiger partial charge on any atom is 0.303 e. The van der Waals surface area contributed by atoms with Crippen LogP contribution in [0.5, 0.6) is 0 Å². The SMILES string of the molecule is O=C(O)CCC1(CCC(=O)O)c2cc(I)ccc2-c2ccc([N+](=O)[O-])cc21. The first-order valence-corrected chi connectivity index (χ1v) is 9.35. The number of aliphatic carboxylic acids is 2. The van der Waals surface area contributed by atoms with Crippen molar-refractivity contribution in [3.8, 4) is 11.1 Å². The summed E-state index contributed by atoms with van der Waals surface area (Å²) in [4.78, 5) is 33.3. The molecule has 1 aliphatic rings. The number of nitro groups is 1. The van der Waals surface area contributed by atoms with Crippen LogP contribution in [0.2, 0.25) is 0 Å². The first-order chi connectivity index (χ1) is 12.7. The molecular weight excluding hydrogens is 465 g/mol. The molecule has 1 aliphatic carbocycles. The molecule has 0 unspecified atom stereocenters. The van der Waals surface area contributed by atoms with Gasteiger partial charge in [0, 0.05) is 34.0 Å². The molecule has 0 spiro atoms. The molecule has 2 aromatic rings. The van der Waals surface area contributed by atoms with Crippen molar-refractivity contribution in [3.05, 3.63) is 61.2 Å². The van der Waals surface area contributed by atoms with E-state index in [1.165, 1.54) is 12.1 Å². The number of hydrogen-bond donors (Lipinski definition) is 2. The lowest BCUT2D eigenvalue weighted by molar-refractivity contribution is -0.384. The van der Waals surface area contributed by atoms with Gasteiger partial charge in [-0.2, -0.15) is 0 Å². The van der Waals surface area contributed by atoms with Crippen LogP contribution < -0.4 is 0 Å². The van der Waals surface area contributed by atoms with Crippen LogP contribution >= 0.6 is 22.6 Å². The van der Waals surface area contributed by atoms with Crippen molar-refractivity contribution in [2.75, 3.05) is 0 Å². The molecule has 0 amide bonds. The van der Waals surface area contributed by atoms with E-state index in [-0.39, 0.29) is 31.4 Å². The van der Waals surface area contributed by atoms with Crippen molar-refractivity contribution >= 4 is 40.2 Å². The van der Waals surface area contributed by atoms with Crippen LogP contribution in [0.15, 0.2) is 36.4 Å². The Kier molecular flexibility index (Phi) is 5.18. The number of fused-ring (bicyclic) bond motifs is 3. The zero-order valence-corrected chi connectivity index (χ0v) is 16.3. The molecule has 0 radical (unpaired) electrons. The summed E-state index contributed by atoms with van der Waals surface area (Å²) in [5, 5.41) is 29.8. The Morgan fingerprint density at radius 2 is 1.48 bits per heavy atom. The third-order valence-electron chi connectivity index (χ3n) is 5.05. The Balaban J connectivity index is 2.26. The van der Waals surface area contributed by atoms with Crippen LogP contribution in [0.3, 0.4) is 0 Å². The highest BCUT2D eigenvalue weighted by molar-refractivity contribution is 14.1. The van der Waals surface area contributed by atoms with E-state index in [9.17, 15) is 29.9 Å². The molecule has 27 heavy (non-hydrogen) atoms. The van der Waals surface area contributed by atoms with Gasteiger partial charge in [0.05, 0.1) is 4.92 Å². The van der Waals surface area contributed by atoms with Gasteiger partial charge >= 0.3 is 11.9 Å². The molecule has 0 saturated carbocycles. The molecule has 0 bridgehead atoms. The van der Waals surface area contributed by atoms with Gasteiger partial charge in [-0.3, -0.25) is 19.7 Å². The van der Waals surface area contributed by atoms with Gasteiger partial charge in [-0.05, 0) is 75.9 Å². The summed E-state index contributed by atoms with van der Waals surface area (Å²) in [5.41, 5.74) is 2.17. The molecule has 0 aliphatic heterocycles. The van der Waals surface area contributed by atoms with Crippen molar-refractivity contribution in [3.63, 3.8) is 0 Å². The van der Waals surface area contributed by atoms with Gasteiger partial charge < -0.3 is 10.2 Å². The highest BCUT2D eigenvalue weighted by Gasteiger charge is 2.44. The molecule has 3 rings (SSSR count).